The van der Waals surface area contributed by atoms with E-state index in [0.29, 0.717) is 15.8 Å². The summed E-state index contributed by atoms with van der Waals surface area (Å²) in [6, 6.07) is 13.2. The molecule has 5 aromatic rings. The fourth-order valence-electron chi connectivity index (χ4n) is 3.23. The SMILES string of the molecule is CCOC(=O)c1cnc(-c2ccc(Cl)cc2)nc1Nc1nc2scc(-c3ccc(F)cc3)n2n1. The van der Waals surface area contributed by atoms with Crippen LogP contribution in [0.1, 0.15) is 17.3 Å². The van der Waals surface area contributed by atoms with E-state index in [1.165, 1.54) is 29.7 Å². The Morgan fingerprint density at radius 1 is 1.12 bits per heavy atom. The number of nitrogens with zero attached hydrogens (tertiary/aromatic N) is 5. The van der Waals surface area contributed by atoms with E-state index in [1.54, 1.807) is 47.8 Å². The van der Waals surface area contributed by atoms with E-state index in [0.717, 1.165) is 16.8 Å². The Labute approximate surface area is 202 Å². The maximum atomic E-state index is 13.3. The Morgan fingerprint density at radius 2 is 1.85 bits per heavy atom. The third-order valence-corrected chi connectivity index (χ3v) is 5.91. The molecule has 170 valence electrons. The molecule has 0 atom stereocenters. The average molecular weight is 495 g/mol. The van der Waals surface area contributed by atoms with Gasteiger partial charge in [-0.15, -0.1) is 16.4 Å². The third-order valence-electron chi connectivity index (χ3n) is 4.84. The van der Waals surface area contributed by atoms with Crippen molar-refractivity contribution in [2.75, 3.05) is 11.9 Å². The van der Waals surface area contributed by atoms with Crippen LogP contribution in [0.4, 0.5) is 16.2 Å². The molecule has 3 aromatic heterocycles. The monoisotopic (exact) mass is 494 g/mol. The Kier molecular flexibility index (Phi) is 5.91. The van der Waals surface area contributed by atoms with Gasteiger partial charge < -0.3 is 10.1 Å². The van der Waals surface area contributed by atoms with Gasteiger partial charge in [-0.25, -0.2) is 23.7 Å². The van der Waals surface area contributed by atoms with Crippen molar-refractivity contribution in [1.82, 2.24) is 24.6 Å². The first-order chi connectivity index (χ1) is 16.5. The average Bonchev–Trinajstić information content (AvgIpc) is 3.41. The van der Waals surface area contributed by atoms with Gasteiger partial charge >= 0.3 is 5.97 Å². The van der Waals surface area contributed by atoms with Crippen molar-refractivity contribution in [3.05, 3.63) is 76.5 Å². The number of fused-ring (bicyclic) bond motifs is 1. The van der Waals surface area contributed by atoms with E-state index in [-0.39, 0.29) is 29.8 Å². The molecule has 0 radical (unpaired) electrons. The molecule has 0 bridgehead atoms. The van der Waals surface area contributed by atoms with E-state index in [4.69, 9.17) is 16.3 Å². The maximum absolute atomic E-state index is 13.3. The lowest BCUT2D eigenvalue weighted by atomic mass is 10.2. The largest absolute Gasteiger partial charge is 0.462 e. The number of ether oxygens (including phenoxy) is 1. The first-order valence-electron chi connectivity index (χ1n) is 10.2. The summed E-state index contributed by atoms with van der Waals surface area (Å²) >= 11 is 7.36. The predicted molar refractivity (Wildman–Crippen MR) is 128 cm³/mol. The zero-order valence-electron chi connectivity index (χ0n) is 17.7. The smallest absolute Gasteiger partial charge is 0.343 e. The minimum Gasteiger partial charge on any atom is -0.462 e. The van der Waals surface area contributed by atoms with Gasteiger partial charge in [-0.05, 0) is 55.5 Å². The van der Waals surface area contributed by atoms with Gasteiger partial charge in [0.1, 0.15) is 11.4 Å². The van der Waals surface area contributed by atoms with Gasteiger partial charge in [0.05, 0.1) is 12.3 Å². The molecule has 5 rings (SSSR count). The van der Waals surface area contributed by atoms with E-state index in [1.807, 2.05) is 5.38 Å². The fourth-order valence-corrected chi connectivity index (χ4v) is 4.19. The van der Waals surface area contributed by atoms with Crippen LogP contribution in [0.15, 0.2) is 60.1 Å². The molecule has 0 aliphatic heterocycles. The lowest BCUT2D eigenvalue weighted by Crippen LogP contribution is -2.11. The van der Waals surface area contributed by atoms with Gasteiger partial charge in [0, 0.05) is 27.7 Å². The van der Waals surface area contributed by atoms with Crippen molar-refractivity contribution in [3.8, 4) is 22.6 Å². The molecule has 0 spiro atoms. The second kappa shape index (κ2) is 9.16. The molecule has 0 saturated carbocycles. The number of hydrogen-bond donors (Lipinski definition) is 1. The highest BCUT2D eigenvalue weighted by molar-refractivity contribution is 7.15. The lowest BCUT2D eigenvalue weighted by Gasteiger charge is -2.10. The molecular formula is C23H16ClFN6O2S. The molecular weight excluding hydrogens is 479 g/mol. The number of hydrogen-bond acceptors (Lipinski definition) is 8. The number of nitrogens with one attached hydrogen (secondary N) is 1. The number of aromatic nitrogens is 5. The number of rotatable bonds is 6. The van der Waals surface area contributed by atoms with Crippen molar-refractivity contribution >= 4 is 45.6 Å². The van der Waals surface area contributed by atoms with E-state index >= 15 is 0 Å². The molecule has 34 heavy (non-hydrogen) atoms. The van der Waals surface area contributed by atoms with Crippen LogP contribution in [0.3, 0.4) is 0 Å². The molecule has 1 N–H and O–H groups in total. The van der Waals surface area contributed by atoms with E-state index in [2.05, 4.69) is 25.4 Å². The van der Waals surface area contributed by atoms with Crippen molar-refractivity contribution in [1.29, 1.82) is 0 Å². The van der Waals surface area contributed by atoms with Crippen LogP contribution in [0.2, 0.25) is 5.02 Å². The van der Waals surface area contributed by atoms with Crippen molar-refractivity contribution in [2.24, 2.45) is 0 Å². The van der Waals surface area contributed by atoms with Gasteiger partial charge in [0.2, 0.25) is 10.9 Å². The van der Waals surface area contributed by atoms with E-state index < -0.39 is 5.97 Å². The number of esters is 1. The minimum absolute atomic E-state index is 0.150. The number of carbonyl (C=O) groups excluding carboxylic acids is 1. The second-order valence-corrected chi connectivity index (χ2v) is 8.34. The topological polar surface area (TPSA) is 94.3 Å². The standard InChI is InChI=1S/C23H16ClFN6O2S/c1-2-33-21(32)17-11-26-19(14-3-7-15(24)8-4-14)27-20(17)28-22-29-23-31(30-22)18(12-34-23)13-5-9-16(25)10-6-13/h3-12H,2H2,1H3,(H,26,27,28,30). The highest BCUT2D eigenvalue weighted by atomic mass is 35.5. The van der Waals surface area contributed by atoms with Crippen LogP contribution < -0.4 is 5.32 Å². The summed E-state index contributed by atoms with van der Waals surface area (Å²) in [6.07, 6.45) is 1.40. The van der Waals surface area contributed by atoms with Crippen LogP contribution in [-0.2, 0) is 4.74 Å². The predicted octanol–water partition coefficient (Wildman–Crippen LogP) is 5.63. The Bertz CT molecular complexity index is 1480. The van der Waals surface area contributed by atoms with Gasteiger partial charge in [-0.1, -0.05) is 11.6 Å². The summed E-state index contributed by atoms with van der Waals surface area (Å²) in [7, 11) is 0. The van der Waals surface area contributed by atoms with Crippen molar-refractivity contribution < 1.29 is 13.9 Å². The van der Waals surface area contributed by atoms with Crippen molar-refractivity contribution in [3.63, 3.8) is 0 Å². The van der Waals surface area contributed by atoms with Gasteiger partial charge in [0.15, 0.2) is 11.6 Å². The number of carbonyl (C=O) groups is 1. The van der Waals surface area contributed by atoms with Gasteiger partial charge in [0.25, 0.3) is 0 Å². The molecule has 3 heterocycles. The third kappa shape index (κ3) is 4.33. The summed E-state index contributed by atoms with van der Waals surface area (Å²) in [5, 5.41) is 10.0. The fraction of sp³-hybridized carbons (Fsp3) is 0.0870. The van der Waals surface area contributed by atoms with E-state index in [9.17, 15) is 9.18 Å². The Hall–Kier alpha value is -3.89. The first-order valence-corrected chi connectivity index (χ1v) is 11.4. The summed E-state index contributed by atoms with van der Waals surface area (Å²) in [5.74, 6) is -0.0506. The highest BCUT2D eigenvalue weighted by Gasteiger charge is 2.19. The number of thiazole rings is 1. The minimum atomic E-state index is -0.569. The quantitative estimate of drug-likeness (QED) is 0.306. The normalized spacial score (nSPS) is 11.0. The van der Waals surface area contributed by atoms with Crippen LogP contribution in [-0.4, -0.2) is 37.1 Å². The summed E-state index contributed by atoms with van der Waals surface area (Å²) in [5.41, 5.74) is 2.43. The first kappa shape index (κ1) is 21.9. The second-order valence-electron chi connectivity index (χ2n) is 7.07. The van der Waals surface area contributed by atoms with Crippen LogP contribution in [0.25, 0.3) is 27.6 Å². The summed E-state index contributed by atoms with van der Waals surface area (Å²) in [4.78, 5) is 26.4. The lowest BCUT2D eigenvalue weighted by molar-refractivity contribution is 0.0526. The zero-order valence-corrected chi connectivity index (χ0v) is 19.3. The van der Waals surface area contributed by atoms with Gasteiger partial charge in [-0.3, -0.25) is 0 Å². The number of anilines is 2. The molecule has 8 nitrogen and oxygen atoms in total. The van der Waals surface area contributed by atoms with Crippen molar-refractivity contribution in [2.45, 2.75) is 6.92 Å². The highest BCUT2D eigenvalue weighted by Crippen LogP contribution is 2.28. The zero-order chi connectivity index (χ0) is 23.7. The molecule has 11 heteroatoms. The summed E-state index contributed by atoms with van der Waals surface area (Å²) in [6.45, 7) is 1.92. The van der Waals surface area contributed by atoms with Crippen LogP contribution in [0.5, 0.6) is 0 Å². The number of benzene rings is 2. The van der Waals surface area contributed by atoms with Crippen LogP contribution >= 0.6 is 22.9 Å². The molecule has 0 aliphatic carbocycles. The van der Waals surface area contributed by atoms with Crippen LogP contribution in [0, 0.1) is 5.82 Å². The molecule has 0 fully saturated rings. The van der Waals surface area contributed by atoms with Gasteiger partial charge in [-0.2, -0.15) is 4.98 Å². The Balaban J connectivity index is 1.53. The molecule has 0 saturated heterocycles. The molecule has 0 aliphatic rings. The molecule has 0 unspecified atom stereocenters. The summed E-state index contributed by atoms with van der Waals surface area (Å²) < 4.78 is 20.1. The molecule has 2 aromatic carbocycles. The Morgan fingerprint density at radius 3 is 2.59 bits per heavy atom. The maximum Gasteiger partial charge on any atom is 0.343 e. The molecule has 0 amide bonds. The number of halogens is 2.